The summed E-state index contributed by atoms with van der Waals surface area (Å²) in [7, 11) is 0. The third-order valence-electron chi connectivity index (χ3n) is 5.87. The maximum absolute atomic E-state index is 13.7. The molecule has 1 N–H and O–H groups in total. The second-order valence-electron chi connectivity index (χ2n) is 8.97. The van der Waals surface area contributed by atoms with Gasteiger partial charge in [0.15, 0.2) is 0 Å². The van der Waals surface area contributed by atoms with Gasteiger partial charge in [-0.3, -0.25) is 14.2 Å². The predicted molar refractivity (Wildman–Crippen MR) is 127 cm³/mol. The standard InChI is InChI=1S/C27H29NO4/c1-16(2)26-22-7-5-6-8-23(22)27(31)28(19-12-17(3)11-18(4)13-19)24(26)10-9-21-14-20(29)15-25(30)32-21/h5-13,16,20-21,29H,14-15H2,1-4H3/b10-9+/t20-,21-/m1/s1. The van der Waals surface area contributed by atoms with Crippen molar-refractivity contribution in [1.82, 2.24) is 4.57 Å². The van der Waals surface area contributed by atoms with Crippen molar-refractivity contribution in [2.45, 2.75) is 58.7 Å². The van der Waals surface area contributed by atoms with Crippen LogP contribution >= 0.6 is 0 Å². The van der Waals surface area contributed by atoms with E-state index in [1.165, 1.54) is 0 Å². The lowest BCUT2D eigenvalue weighted by Crippen LogP contribution is -2.31. The van der Waals surface area contributed by atoms with Gasteiger partial charge in [-0.1, -0.05) is 38.1 Å². The average molecular weight is 432 g/mol. The van der Waals surface area contributed by atoms with Crippen LogP contribution in [0.15, 0.2) is 53.3 Å². The van der Waals surface area contributed by atoms with Crippen molar-refractivity contribution in [2.24, 2.45) is 0 Å². The Labute approximate surface area is 188 Å². The van der Waals surface area contributed by atoms with Gasteiger partial charge in [0.05, 0.1) is 18.2 Å². The zero-order chi connectivity index (χ0) is 23.0. The number of cyclic esters (lactones) is 1. The summed E-state index contributed by atoms with van der Waals surface area (Å²) < 4.78 is 7.17. The van der Waals surface area contributed by atoms with Crippen LogP contribution < -0.4 is 5.56 Å². The summed E-state index contributed by atoms with van der Waals surface area (Å²) >= 11 is 0. The van der Waals surface area contributed by atoms with Gasteiger partial charge < -0.3 is 9.84 Å². The number of aliphatic hydroxyl groups is 1. The van der Waals surface area contributed by atoms with Gasteiger partial charge in [0.25, 0.3) is 5.56 Å². The minimum atomic E-state index is -0.714. The van der Waals surface area contributed by atoms with E-state index in [2.05, 4.69) is 19.9 Å². The zero-order valence-electron chi connectivity index (χ0n) is 19.0. The summed E-state index contributed by atoms with van der Waals surface area (Å²) in [6.45, 7) is 8.26. The fraction of sp³-hybridized carbons (Fsp3) is 0.333. The summed E-state index contributed by atoms with van der Waals surface area (Å²) in [4.78, 5) is 25.5. The van der Waals surface area contributed by atoms with Crippen molar-refractivity contribution in [3.05, 3.63) is 81.3 Å². The largest absolute Gasteiger partial charge is 0.458 e. The molecular formula is C27H29NO4. The number of hydrogen-bond acceptors (Lipinski definition) is 4. The van der Waals surface area contributed by atoms with Crippen LogP contribution in [0, 0.1) is 13.8 Å². The van der Waals surface area contributed by atoms with Gasteiger partial charge in [-0.2, -0.15) is 0 Å². The van der Waals surface area contributed by atoms with Crippen LogP contribution in [-0.2, 0) is 9.53 Å². The quantitative estimate of drug-likeness (QED) is 0.602. The Hall–Kier alpha value is -3.18. The number of hydrogen-bond donors (Lipinski definition) is 1. The molecule has 2 atom stereocenters. The van der Waals surface area contributed by atoms with Gasteiger partial charge in [-0.15, -0.1) is 0 Å². The SMILES string of the molecule is Cc1cc(C)cc(-n2c(/C=C/[C@@H]3C[C@@H](O)CC(=O)O3)c(C(C)C)c3ccccc3c2=O)c1. The van der Waals surface area contributed by atoms with E-state index < -0.39 is 18.2 Å². The molecule has 2 heterocycles. The topological polar surface area (TPSA) is 68.5 Å². The molecular weight excluding hydrogens is 402 g/mol. The molecule has 0 radical (unpaired) electrons. The highest BCUT2D eigenvalue weighted by molar-refractivity contribution is 5.88. The number of esters is 1. The number of fused-ring (bicyclic) bond motifs is 1. The number of ether oxygens (including phenoxy) is 1. The van der Waals surface area contributed by atoms with E-state index in [1.807, 2.05) is 56.3 Å². The number of aryl methyl sites for hydroxylation is 2. The van der Waals surface area contributed by atoms with Crippen LogP contribution in [0.5, 0.6) is 0 Å². The van der Waals surface area contributed by atoms with Crippen molar-refractivity contribution < 1.29 is 14.6 Å². The number of aliphatic hydroxyl groups excluding tert-OH is 1. The number of benzene rings is 2. The molecule has 1 fully saturated rings. The zero-order valence-corrected chi connectivity index (χ0v) is 19.0. The molecule has 0 spiro atoms. The number of carbonyl (C=O) groups excluding carboxylic acids is 1. The number of aromatic nitrogens is 1. The van der Waals surface area contributed by atoms with E-state index in [1.54, 1.807) is 10.6 Å². The van der Waals surface area contributed by atoms with Gasteiger partial charge in [-0.05, 0) is 72.2 Å². The van der Waals surface area contributed by atoms with Crippen LogP contribution in [0.2, 0.25) is 0 Å². The normalized spacial score (nSPS) is 19.1. The van der Waals surface area contributed by atoms with Crippen molar-refractivity contribution in [3.63, 3.8) is 0 Å². The van der Waals surface area contributed by atoms with E-state index in [4.69, 9.17) is 4.74 Å². The van der Waals surface area contributed by atoms with Crippen LogP contribution in [0.4, 0.5) is 0 Å². The molecule has 32 heavy (non-hydrogen) atoms. The highest BCUT2D eigenvalue weighted by Crippen LogP contribution is 2.30. The van der Waals surface area contributed by atoms with Crippen molar-refractivity contribution in [1.29, 1.82) is 0 Å². The molecule has 1 aromatic heterocycles. The molecule has 0 unspecified atom stereocenters. The fourth-order valence-electron chi connectivity index (χ4n) is 4.63. The lowest BCUT2D eigenvalue weighted by Gasteiger charge is -2.24. The molecule has 1 aliphatic heterocycles. The first-order chi connectivity index (χ1) is 15.2. The summed E-state index contributed by atoms with van der Waals surface area (Å²) in [6.07, 6.45) is 2.78. The lowest BCUT2D eigenvalue weighted by molar-refractivity contribution is -0.156. The third-order valence-corrected chi connectivity index (χ3v) is 5.87. The van der Waals surface area contributed by atoms with E-state index in [0.29, 0.717) is 11.8 Å². The van der Waals surface area contributed by atoms with Gasteiger partial charge in [0.1, 0.15) is 6.10 Å². The molecule has 0 amide bonds. The minimum Gasteiger partial charge on any atom is -0.458 e. The molecule has 1 aliphatic rings. The van der Waals surface area contributed by atoms with Gasteiger partial charge in [0, 0.05) is 17.5 Å². The van der Waals surface area contributed by atoms with Gasteiger partial charge in [0.2, 0.25) is 0 Å². The van der Waals surface area contributed by atoms with Gasteiger partial charge >= 0.3 is 5.97 Å². The molecule has 0 saturated carbocycles. The van der Waals surface area contributed by atoms with E-state index in [-0.39, 0.29) is 17.9 Å². The highest BCUT2D eigenvalue weighted by atomic mass is 16.5. The van der Waals surface area contributed by atoms with Gasteiger partial charge in [-0.25, -0.2) is 0 Å². The minimum absolute atomic E-state index is 0.0187. The predicted octanol–water partition coefficient (Wildman–Crippen LogP) is 4.81. The smallest absolute Gasteiger partial charge is 0.309 e. The number of nitrogens with zero attached hydrogens (tertiary/aromatic N) is 1. The molecule has 4 rings (SSSR count). The maximum atomic E-state index is 13.7. The van der Waals surface area contributed by atoms with Crippen LogP contribution in [0.25, 0.3) is 22.5 Å². The second-order valence-corrected chi connectivity index (χ2v) is 8.97. The first-order valence-corrected chi connectivity index (χ1v) is 11.1. The fourth-order valence-corrected chi connectivity index (χ4v) is 4.63. The van der Waals surface area contributed by atoms with E-state index in [0.717, 1.165) is 33.5 Å². The average Bonchev–Trinajstić information content (AvgIpc) is 2.70. The summed E-state index contributed by atoms with van der Waals surface area (Å²) in [5, 5.41) is 11.6. The van der Waals surface area contributed by atoms with Crippen LogP contribution in [0.3, 0.4) is 0 Å². The Bertz CT molecular complexity index is 1250. The maximum Gasteiger partial charge on any atom is 0.309 e. The number of pyridine rings is 1. The molecule has 0 aliphatic carbocycles. The first-order valence-electron chi connectivity index (χ1n) is 11.1. The van der Waals surface area contributed by atoms with Crippen molar-refractivity contribution in [2.75, 3.05) is 0 Å². The molecule has 5 heteroatoms. The lowest BCUT2D eigenvalue weighted by atomic mass is 9.93. The number of rotatable bonds is 4. The molecule has 2 aromatic carbocycles. The van der Waals surface area contributed by atoms with Crippen molar-refractivity contribution in [3.8, 4) is 5.69 Å². The Kier molecular flexibility index (Phi) is 6.02. The molecule has 3 aromatic rings. The second kappa shape index (κ2) is 8.75. The highest BCUT2D eigenvalue weighted by Gasteiger charge is 2.26. The summed E-state index contributed by atoms with van der Waals surface area (Å²) in [5.74, 6) is -0.260. The Balaban J connectivity index is 2.00. The first kappa shape index (κ1) is 22.0. The molecule has 166 valence electrons. The van der Waals surface area contributed by atoms with Crippen LogP contribution in [-0.4, -0.2) is 27.9 Å². The summed E-state index contributed by atoms with van der Waals surface area (Å²) in [5.41, 5.74) is 4.69. The van der Waals surface area contributed by atoms with Crippen LogP contribution in [0.1, 0.15) is 55.0 Å². The Morgan fingerprint density at radius 1 is 1.06 bits per heavy atom. The van der Waals surface area contributed by atoms with E-state index in [9.17, 15) is 14.7 Å². The third kappa shape index (κ3) is 4.26. The van der Waals surface area contributed by atoms with Crippen molar-refractivity contribution >= 4 is 22.8 Å². The molecule has 0 bridgehead atoms. The summed E-state index contributed by atoms with van der Waals surface area (Å²) in [6, 6.07) is 13.8. The monoisotopic (exact) mass is 431 g/mol. The Morgan fingerprint density at radius 3 is 2.34 bits per heavy atom. The van der Waals surface area contributed by atoms with E-state index >= 15 is 0 Å². The molecule has 1 saturated heterocycles. The Morgan fingerprint density at radius 2 is 1.72 bits per heavy atom. The molecule has 5 nitrogen and oxygen atoms in total. The number of carbonyl (C=O) groups is 1.